The van der Waals surface area contributed by atoms with E-state index >= 15 is 0 Å². The SMILES string of the molecule is CCc1ccc(S(=O)(=O)c2cn(CC(=O)Nc3cc(C)ccc3C)c3ccc(F)cc3c2=O)cc1. The molecule has 0 fully saturated rings. The number of rotatable bonds is 6. The van der Waals surface area contributed by atoms with Crippen LogP contribution in [0.25, 0.3) is 10.9 Å². The number of sulfone groups is 1. The van der Waals surface area contributed by atoms with Crippen LogP contribution >= 0.6 is 0 Å². The van der Waals surface area contributed by atoms with Gasteiger partial charge in [0, 0.05) is 17.3 Å². The van der Waals surface area contributed by atoms with Crippen molar-refractivity contribution in [3.8, 4) is 0 Å². The van der Waals surface area contributed by atoms with Crippen molar-refractivity contribution in [1.29, 1.82) is 0 Å². The topological polar surface area (TPSA) is 85.2 Å². The Bertz CT molecular complexity index is 1610. The molecule has 35 heavy (non-hydrogen) atoms. The van der Waals surface area contributed by atoms with Crippen molar-refractivity contribution in [2.45, 2.75) is 43.5 Å². The molecule has 0 saturated heterocycles. The molecule has 0 aliphatic rings. The average molecular weight is 493 g/mol. The minimum Gasteiger partial charge on any atom is -0.336 e. The Morgan fingerprint density at radius 1 is 1.00 bits per heavy atom. The van der Waals surface area contributed by atoms with E-state index in [9.17, 15) is 22.4 Å². The van der Waals surface area contributed by atoms with Gasteiger partial charge < -0.3 is 9.88 Å². The number of hydrogen-bond acceptors (Lipinski definition) is 4. The third kappa shape index (κ3) is 4.88. The smallest absolute Gasteiger partial charge is 0.244 e. The molecule has 0 aliphatic carbocycles. The molecule has 0 unspecified atom stereocenters. The van der Waals surface area contributed by atoms with Crippen LogP contribution in [-0.2, 0) is 27.6 Å². The van der Waals surface area contributed by atoms with E-state index in [1.807, 2.05) is 39.0 Å². The second kappa shape index (κ2) is 9.46. The fraction of sp³-hybridized carbons (Fsp3) is 0.185. The number of nitrogens with one attached hydrogen (secondary N) is 1. The summed E-state index contributed by atoms with van der Waals surface area (Å²) in [6, 6.07) is 15.4. The van der Waals surface area contributed by atoms with E-state index in [1.54, 1.807) is 12.1 Å². The Hall–Kier alpha value is -3.78. The molecule has 3 aromatic carbocycles. The molecule has 6 nitrogen and oxygen atoms in total. The highest BCUT2D eigenvalue weighted by Crippen LogP contribution is 2.23. The van der Waals surface area contributed by atoms with Gasteiger partial charge in [-0.15, -0.1) is 0 Å². The monoisotopic (exact) mass is 492 g/mol. The Kier molecular flexibility index (Phi) is 6.58. The number of fused-ring (bicyclic) bond motifs is 1. The molecule has 4 aromatic rings. The number of benzene rings is 3. The lowest BCUT2D eigenvalue weighted by Gasteiger charge is -2.15. The molecule has 0 aliphatic heterocycles. The highest BCUT2D eigenvalue weighted by atomic mass is 32.2. The van der Waals surface area contributed by atoms with Gasteiger partial charge in [-0.05, 0) is 73.4 Å². The number of carbonyl (C=O) groups excluding carboxylic acids is 1. The zero-order valence-corrected chi connectivity index (χ0v) is 20.4. The van der Waals surface area contributed by atoms with Gasteiger partial charge in [0.15, 0.2) is 0 Å². The largest absolute Gasteiger partial charge is 0.336 e. The number of pyridine rings is 1. The summed E-state index contributed by atoms with van der Waals surface area (Å²) >= 11 is 0. The zero-order valence-electron chi connectivity index (χ0n) is 19.6. The lowest BCUT2D eigenvalue weighted by molar-refractivity contribution is -0.116. The minimum absolute atomic E-state index is 0.0473. The second-order valence-electron chi connectivity index (χ2n) is 8.48. The van der Waals surface area contributed by atoms with Crippen molar-refractivity contribution >= 4 is 32.3 Å². The minimum atomic E-state index is -4.22. The Morgan fingerprint density at radius 3 is 2.40 bits per heavy atom. The quantitative estimate of drug-likeness (QED) is 0.419. The molecule has 1 amide bonds. The molecule has 8 heteroatoms. The normalized spacial score (nSPS) is 11.5. The molecule has 0 spiro atoms. The average Bonchev–Trinajstić information content (AvgIpc) is 2.83. The van der Waals surface area contributed by atoms with E-state index in [0.29, 0.717) is 5.69 Å². The van der Waals surface area contributed by atoms with E-state index in [4.69, 9.17) is 0 Å². The first-order chi connectivity index (χ1) is 16.6. The molecule has 0 radical (unpaired) electrons. The van der Waals surface area contributed by atoms with E-state index in [1.165, 1.54) is 28.8 Å². The van der Waals surface area contributed by atoms with Gasteiger partial charge in [-0.3, -0.25) is 9.59 Å². The van der Waals surface area contributed by atoms with E-state index in [-0.39, 0.29) is 22.3 Å². The molecular formula is C27H25FN2O4S. The van der Waals surface area contributed by atoms with Gasteiger partial charge in [0.1, 0.15) is 17.3 Å². The number of anilines is 1. The van der Waals surface area contributed by atoms with Crippen LogP contribution in [0.15, 0.2) is 81.4 Å². The number of nitrogens with zero attached hydrogens (tertiary/aromatic N) is 1. The van der Waals surface area contributed by atoms with Crippen LogP contribution in [0.1, 0.15) is 23.6 Å². The maximum atomic E-state index is 14.0. The molecule has 1 N–H and O–H groups in total. The van der Waals surface area contributed by atoms with E-state index in [2.05, 4.69) is 5.32 Å². The highest BCUT2D eigenvalue weighted by Gasteiger charge is 2.24. The summed E-state index contributed by atoms with van der Waals surface area (Å²) in [5.41, 5.74) is 2.87. The van der Waals surface area contributed by atoms with Crippen molar-refractivity contribution in [2.75, 3.05) is 5.32 Å². The number of carbonyl (C=O) groups is 1. The third-order valence-electron chi connectivity index (χ3n) is 5.92. The van der Waals surface area contributed by atoms with Crippen molar-refractivity contribution in [1.82, 2.24) is 4.57 Å². The first-order valence-electron chi connectivity index (χ1n) is 11.1. The number of hydrogen-bond donors (Lipinski definition) is 1. The zero-order chi connectivity index (χ0) is 25.3. The Balaban J connectivity index is 1.81. The van der Waals surface area contributed by atoms with Crippen molar-refractivity contribution in [2.24, 2.45) is 0 Å². The summed E-state index contributed by atoms with van der Waals surface area (Å²) in [5, 5.41) is 2.72. The van der Waals surface area contributed by atoms with E-state index in [0.717, 1.165) is 35.4 Å². The van der Waals surface area contributed by atoms with Crippen LogP contribution in [0, 0.1) is 19.7 Å². The highest BCUT2D eigenvalue weighted by molar-refractivity contribution is 7.91. The van der Waals surface area contributed by atoms with Crippen molar-refractivity contribution in [3.63, 3.8) is 0 Å². The molecule has 180 valence electrons. The fourth-order valence-electron chi connectivity index (χ4n) is 3.91. The summed E-state index contributed by atoms with van der Waals surface area (Å²) < 4.78 is 42.2. The fourth-order valence-corrected chi connectivity index (χ4v) is 5.28. The van der Waals surface area contributed by atoms with Crippen LogP contribution in [0.2, 0.25) is 0 Å². The lowest BCUT2D eigenvalue weighted by atomic mass is 10.1. The van der Waals surface area contributed by atoms with Gasteiger partial charge in [-0.1, -0.05) is 31.2 Å². The maximum absolute atomic E-state index is 14.0. The van der Waals surface area contributed by atoms with Crippen LogP contribution in [0.5, 0.6) is 0 Å². The predicted molar refractivity (Wildman–Crippen MR) is 134 cm³/mol. The standard InChI is InChI=1S/C27H25FN2O4S/c1-4-19-7-10-21(11-8-19)35(33,34)25-15-30(24-12-9-20(28)14-22(24)27(25)32)16-26(31)29-23-13-17(2)5-6-18(23)3/h5-15H,4,16H2,1-3H3,(H,29,31). The second-order valence-corrected chi connectivity index (χ2v) is 10.4. The molecule has 0 atom stereocenters. The van der Waals surface area contributed by atoms with Gasteiger partial charge in [-0.25, -0.2) is 12.8 Å². The van der Waals surface area contributed by atoms with Crippen molar-refractivity contribution < 1.29 is 17.6 Å². The van der Waals surface area contributed by atoms with Crippen LogP contribution < -0.4 is 10.7 Å². The predicted octanol–water partition coefficient (Wildman–Crippen LogP) is 4.79. The number of amides is 1. The van der Waals surface area contributed by atoms with E-state index < -0.39 is 31.9 Å². The summed E-state index contributed by atoms with van der Waals surface area (Å²) in [4.78, 5) is 25.5. The van der Waals surface area contributed by atoms with Crippen molar-refractivity contribution in [3.05, 3.63) is 99.6 Å². The molecule has 4 rings (SSSR count). The number of halogens is 1. The maximum Gasteiger partial charge on any atom is 0.244 e. The van der Waals surface area contributed by atoms with Gasteiger partial charge >= 0.3 is 0 Å². The molecule has 1 heterocycles. The van der Waals surface area contributed by atoms with Crippen LogP contribution in [0.4, 0.5) is 10.1 Å². The van der Waals surface area contributed by atoms with Crippen LogP contribution in [-0.4, -0.2) is 18.9 Å². The van der Waals surface area contributed by atoms with Crippen LogP contribution in [0.3, 0.4) is 0 Å². The molecule has 0 saturated carbocycles. The molecular weight excluding hydrogens is 467 g/mol. The van der Waals surface area contributed by atoms with Gasteiger partial charge in [0.05, 0.1) is 10.4 Å². The first kappa shape index (κ1) is 24.3. The summed E-state index contributed by atoms with van der Waals surface area (Å²) in [7, 11) is -4.22. The lowest BCUT2D eigenvalue weighted by Crippen LogP contribution is -2.24. The van der Waals surface area contributed by atoms with Gasteiger partial charge in [0.25, 0.3) is 0 Å². The summed E-state index contributed by atoms with van der Waals surface area (Å²) in [6.45, 7) is 5.45. The molecule has 1 aromatic heterocycles. The number of aromatic nitrogens is 1. The Morgan fingerprint density at radius 2 is 1.71 bits per heavy atom. The van der Waals surface area contributed by atoms with Gasteiger partial charge in [0.2, 0.25) is 21.2 Å². The summed E-state index contributed by atoms with van der Waals surface area (Å²) in [5.74, 6) is -1.09. The Labute approximate surface area is 203 Å². The first-order valence-corrected chi connectivity index (χ1v) is 12.6. The molecule has 0 bridgehead atoms. The van der Waals surface area contributed by atoms with Gasteiger partial charge in [-0.2, -0.15) is 0 Å². The summed E-state index contributed by atoms with van der Waals surface area (Å²) in [6.07, 6.45) is 1.90. The number of aryl methyl sites for hydroxylation is 3. The third-order valence-corrected chi connectivity index (χ3v) is 7.68.